The third kappa shape index (κ3) is 24.5. The van der Waals surface area contributed by atoms with E-state index in [1.165, 1.54) is 0 Å². The van der Waals surface area contributed by atoms with E-state index in [9.17, 15) is 14.4 Å². The van der Waals surface area contributed by atoms with E-state index in [2.05, 4.69) is 0 Å². The first kappa shape index (κ1) is 15.8. The normalized spacial score (nSPS) is 8.60. The van der Waals surface area contributed by atoms with Gasteiger partial charge in [-0.25, -0.2) is 0 Å². The fourth-order valence-electron chi connectivity index (χ4n) is 0.490. The summed E-state index contributed by atoms with van der Waals surface area (Å²) in [6.07, 6.45) is 0.524. The van der Waals surface area contributed by atoms with Crippen molar-refractivity contribution in [1.29, 1.82) is 0 Å². The summed E-state index contributed by atoms with van der Waals surface area (Å²) in [5.41, 5.74) is 9.85. The first-order chi connectivity index (χ1) is 6.90. The largest absolute Gasteiger partial charge is 0.481 e. The van der Waals surface area contributed by atoms with E-state index in [-0.39, 0.29) is 18.7 Å². The molecule has 0 aromatic heterocycles. The van der Waals surface area contributed by atoms with Gasteiger partial charge in [-0.05, 0) is 13.0 Å². The molecule has 0 fully saturated rings. The molecule has 88 valence electrons. The predicted molar refractivity (Wildman–Crippen MR) is 52.0 cm³/mol. The maximum absolute atomic E-state index is 9.92. The molecule has 0 radical (unpaired) electrons. The molecule has 0 saturated heterocycles. The maximum Gasteiger partial charge on any atom is 0.303 e. The lowest BCUT2D eigenvalue weighted by Crippen LogP contribution is -2.12. The molecule has 0 atom stereocenters. The van der Waals surface area contributed by atoms with Gasteiger partial charge < -0.3 is 21.7 Å². The quantitative estimate of drug-likeness (QED) is 0.458. The van der Waals surface area contributed by atoms with Gasteiger partial charge in [0.1, 0.15) is 0 Å². The molecular weight excluding hydrogens is 204 g/mol. The zero-order valence-corrected chi connectivity index (χ0v) is 8.31. The van der Waals surface area contributed by atoms with Crippen LogP contribution in [-0.4, -0.2) is 34.6 Å². The van der Waals surface area contributed by atoms with Gasteiger partial charge in [-0.1, -0.05) is 0 Å². The Bertz CT molecular complexity index is 203. The zero-order valence-electron chi connectivity index (χ0n) is 8.31. The van der Waals surface area contributed by atoms with E-state index < -0.39 is 11.9 Å². The number of aliphatic carboxylic acids is 2. The number of carbonyl (C=O) groups is 3. The van der Waals surface area contributed by atoms with Gasteiger partial charge >= 0.3 is 11.9 Å². The smallest absolute Gasteiger partial charge is 0.303 e. The summed E-state index contributed by atoms with van der Waals surface area (Å²) < 4.78 is 0. The highest BCUT2D eigenvalue weighted by molar-refractivity contribution is 5.75. The van der Waals surface area contributed by atoms with Crippen molar-refractivity contribution in [3.05, 3.63) is 0 Å². The van der Waals surface area contributed by atoms with Crippen LogP contribution >= 0.6 is 0 Å². The van der Waals surface area contributed by atoms with Crippen molar-refractivity contribution in [1.82, 2.24) is 0 Å². The van der Waals surface area contributed by atoms with Crippen molar-refractivity contribution in [3.63, 3.8) is 0 Å². The Morgan fingerprint density at radius 1 is 0.933 bits per heavy atom. The standard InChI is InChI=1S/C4H10N2O.C4H6O4/c5-3-1-2-4(6)7;5-3(6)1-2-4(7)8/h1-3,5H2,(H2,6,7);1-2H2,(H,5,6)(H,7,8). The summed E-state index contributed by atoms with van der Waals surface area (Å²) in [5, 5.41) is 15.8. The third-order valence-electron chi connectivity index (χ3n) is 1.18. The van der Waals surface area contributed by atoms with Crippen LogP contribution in [0.5, 0.6) is 0 Å². The lowest BCUT2D eigenvalue weighted by Gasteiger charge is -1.87. The van der Waals surface area contributed by atoms with E-state index in [4.69, 9.17) is 21.7 Å². The monoisotopic (exact) mass is 220 g/mol. The van der Waals surface area contributed by atoms with Gasteiger partial charge in [-0.15, -0.1) is 0 Å². The van der Waals surface area contributed by atoms with Crippen molar-refractivity contribution in [2.24, 2.45) is 11.5 Å². The Hall–Kier alpha value is -1.63. The predicted octanol–water partition coefficient (Wildman–Crippen LogP) is -0.854. The third-order valence-corrected chi connectivity index (χ3v) is 1.18. The molecule has 7 heteroatoms. The number of nitrogens with two attached hydrogens (primary N) is 2. The maximum atomic E-state index is 9.92. The van der Waals surface area contributed by atoms with Crippen molar-refractivity contribution in [2.75, 3.05) is 6.54 Å². The molecule has 0 aliphatic carbocycles. The van der Waals surface area contributed by atoms with Crippen LogP contribution in [0.25, 0.3) is 0 Å². The molecule has 0 heterocycles. The Labute approximate surface area is 87.1 Å². The Balaban J connectivity index is 0. The number of carboxylic acid groups (broad SMARTS) is 2. The van der Waals surface area contributed by atoms with E-state index in [1.54, 1.807) is 0 Å². The van der Waals surface area contributed by atoms with Gasteiger partial charge in [0, 0.05) is 6.42 Å². The molecular formula is C8H16N2O5. The first-order valence-electron chi connectivity index (χ1n) is 4.32. The topological polar surface area (TPSA) is 144 Å². The molecule has 0 aromatic carbocycles. The molecule has 0 bridgehead atoms. The van der Waals surface area contributed by atoms with Crippen LogP contribution in [-0.2, 0) is 14.4 Å². The minimum absolute atomic E-state index is 0.273. The van der Waals surface area contributed by atoms with Crippen LogP contribution in [0.4, 0.5) is 0 Å². The van der Waals surface area contributed by atoms with Crippen LogP contribution in [0, 0.1) is 0 Å². The summed E-state index contributed by atoms with van der Waals surface area (Å²) in [4.78, 5) is 29.2. The lowest BCUT2D eigenvalue weighted by molar-refractivity contribution is -0.143. The SMILES string of the molecule is NCCCC(N)=O.O=C(O)CCC(=O)O. The molecule has 15 heavy (non-hydrogen) atoms. The highest BCUT2D eigenvalue weighted by atomic mass is 16.4. The Morgan fingerprint density at radius 3 is 1.47 bits per heavy atom. The number of carbonyl (C=O) groups excluding carboxylic acids is 1. The van der Waals surface area contributed by atoms with Crippen LogP contribution in [0.1, 0.15) is 25.7 Å². The molecule has 0 unspecified atom stereocenters. The van der Waals surface area contributed by atoms with E-state index in [0.29, 0.717) is 19.4 Å². The second kappa shape index (κ2) is 10.5. The summed E-state index contributed by atoms with van der Waals surface area (Å²) in [6.45, 7) is 0.545. The Morgan fingerprint density at radius 2 is 1.33 bits per heavy atom. The molecule has 0 saturated carbocycles. The molecule has 0 rings (SSSR count). The highest BCUT2D eigenvalue weighted by Gasteiger charge is 2.00. The van der Waals surface area contributed by atoms with Crippen LogP contribution < -0.4 is 11.5 Å². The van der Waals surface area contributed by atoms with Gasteiger partial charge in [-0.3, -0.25) is 14.4 Å². The minimum atomic E-state index is -1.08. The van der Waals surface area contributed by atoms with E-state index in [0.717, 1.165) is 0 Å². The second-order valence-corrected chi connectivity index (χ2v) is 2.65. The van der Waals surface area contributed by atoms with Crippen molar-refractivity contribution in [2.45, 2.75) is 25.7 Å². The van der Waals surface area contributed by atoms with E-state index in [1.807, 2.05) is 0 Å². The van der Waals surface area contributed by atoms with Gasteiger partial charge in [0.2, 0.25) is 5.91 Å². The van der Waals surface area contributed by atoms with Crippen LogP contribution in [0.15, 0.2) is 0 Å². The van der Waals surface area contributed by atoms with Crippen LogP contribution in [0.2, 0.25) is 0 Å². The molecule has 0 aliphatic rings. The van der Waals surface area contributed by atoms with Gasteiger partial charge in [0.05, 0.1) is 12.8 Å². The van der Waals surface area contributed by atoms with Crippen molar-refractivity contribution in [3.8, 4) is 0 Å². The fraction of sp³-hybridized carbons (Fsp3) is 0.625. The molecule has 0 aliphatic heterocycles. The first-order valence-corrected chi connectivity index (χ1v) is 4.32. The second-order valence-electron chi connectivity index (χ2n) is 2.65. The lowest BCUT2D eigenvalue weighted by atomic mass is 10.3. The molecule has 6 N–H and O–H groups in total. The van der Waals surface area contributed by atoms with E-state index >= 15 is 0 Å². The van der Waals surface area contributed by atoms with Crippen molar-refractivity contribution >= 4 is 17.8 Å². The highest BCUT2D eigenvalue weighted by Crippen LogP contribution is 1.86. The summed E-state index contributed by atoms with van der Waals surface area (Å²) in [6, 6.07) is 0. The average Bonchev–Trinajstić information content (AvgIpc) is 2.12. The molecule has 7 nitrogen and oxygen atoms in total. The number of hydrogen-bond acceptors (Lipinski definition) is 4. The average molecular weight is 220 g/mol. The minimum Gasteiger partial charge on any atom is -0.481 e. The van der Waals surface area contributed by atoms with Gasteiger partial charge in [0.25, 0.3) is 0 Å². The zero-order chi connectivity index (χ0) is 12.3. The number of rotatable bonds is 6. The van der Waals surface area contributed by atoms with Crippen LogP contribution in [0.3, 0.4) is 0 Å². The number of primary amides is 1. The number of hydrogen-bond donors (Lipinski definition) is 4. The summed E-state index contributed by atoms with van der Waals surface area (Å²) >= 11 is 0. The number of carboxylic acids is 2. The summed E-state index contributed by atoms with van der Waals surface area (Å²) in [5.74, 6) is -2.43. The van der Waals surface area contributed by atoms with Gasteiger partial charge in [0.15, 0.2) is 0 Å². The Kier molecular flexibility index (Phi) is 11.0. The molecule has 0 spiro atoms. The fourth-order valence-corrected chi connectivity index (χ4v) is 0.490. The van der Waals surface area contributed by atoms with Crippen molar-refractivity contribution < 1.29 is 24.6 Å². The number of amides is 1. The molecule has 1 amide bonds. The summed E-state index contributed by atoms with van der Waals surface area (Å²) in [7, 11) is 0. The molecule has 0 aromatic rings. The van der Waals surface area contributed by atoms with Gasteiger partial charge in [-0.2, -0.15) is 0 Å².